The lowest BCUT2D eigenvalue weighted by Gasteiger charge is -2.30. The zero-order valence-electron chi connectivity index (χ0n) is 12.5. The minimum Gasteiger partial charge on any atom is -0.446 e. The van der Waals surface area contributed by atoms with E-state index in [4.69, 9.17) is 10.2 Å². The maximum absolute atomic E-state index is 12.4. The Balaban J connectivity index is 1.98. The Bertz CT molecular complexity index is 444. The number of carbonyl (C=O) groups is 1. The van der Waals surface area contributed by atoms with Crippen LogP contribution in [-0.4, -0.2) is 28.9 Å². The molecule has 1 aromatic rings. The second-order valence-corrected chi connectivity index (χ2v) is 5.82. The van der Waals surface area contributed by atoms with Crippen molar-refractivity contribution in [2.75, 3.05) is 13.1 Å². The second-order valence-electron chi connectivity index (χ2n) is 5.82. The monoisotopic (exact) mass is 279 g/mol. The summed E-state index contributed by atoms with van der Waals surface area (Å²) in [5, 5.41) is 0. The first-order chi connectivity index (χ1) is 9.61. The van der Waals surface area contributed by atoms with Crippen molar-refractivity contribution in [3.8, 4) is 0 Å². The predicted molar refractivity (Wildman–Crippen MR) is 77.3 cm³/mol. The molecular weight excluding hydrogens is 254 g/mol. The van der Waals surface area contributed by atoms with Gasteiger partial charge in [0.2, 0.25) is 5.89 Å². The highest BCUT2D eigenvalue weighted by Crippen LogP contribution is 2.20. The zero-order valence-corrected chi connectivity index (χ0v) is 12.5. The number of hydrogen-bond donors (Lipinski definition) is 1. The quantitative estimate of drug-likeness (QED) is 0.899. The van der Waals surface area contributed by atoms with E-state index >= 15 is 0 Å². The van der Waals surface area contributed by atoms with Crippen LogP contribution >= 0.6 is 0 Å². The summed E-state index contributed by atoms with van der Waals surface area (Å²) in [6.07, 6.45) is 6.67. The van der Waals surface area contributed by atoms with E-state index in [1.54, 1.807) is 0 Å². The van der Waals surface area contributed by atoms with Crippen LogP contribution in [0.2, 0.25) is 0 Å². The fourth-order valence-corrected chi connectivity index (χ4v) is 2.64. The summed E-state index contributed by atoms with van der Waals surface area (Å²) in [7, 11) is 0. The van der Waals surface area contributed by atoms with Gasteiger partial charge in [0.1, 0.15) is 6.26 Å². The highest BCUT2D eigenvalue weighted by atomic mass is 16.3. The van der Waals surface area contributed by atoms with Crippen LogP contribution in [0.4, 0.5) is 0 Å². The van der Waals surface area contributed by atoms with Crippen LogP contribution in [0, 0.1) is 5.92 Å². The highest BCUT2D eigenvalue weighted by molar-refractivity contribution is 5.92. The van der Waals surface area contributed by atoms with E-state index < -0.39 is 0 Å². The van der Waals surface area contributed by atoms with Crippen LogP contribution < -0.4 is 5.73 Å². The number of aromatic nitrogens is 1. The molecule has 2 rings (SSSR count). The van der Waals surface area contributed by atoms with Gasteiger partial charge in [0, 0.05) is 13.1 Å². The van der Waals surface area contributed by atoms with E-state index in [1.165, 1.54) is 12.7 Å². The third kappa shape index (κ3) is 3.60. The largest absolute Gasteiger partial charge is 0.446 e. The molecule has 5 nitrogen and oxygen atoms in total. The number of hydrogen-bond acceptors (Lipinski definition) is 4. The molecule has 1 fully saturated rings. The zero-order chi connectivity index (χ0) is 14.5. The molecule has 1 saturated heterocycles. The lowest BCUT2D eigenvalue weighted by molar-refractivity contribution is 0.0677. The van der Waals surface area contributed by atoms with E-state index in [9.17, 15) is 4.79 Å². The van der Waals surface area contributed by atoms with Gasteiger partial charge in [-0.15, -0.1) is 0 Å². The average Bonchev–Trinajstić information content (AvgIpc) is 2.93. The summed E-state index contributed by atoms with van der Waals surface area (Å²) in [5.41, 5.74) is 6.40. The van der Waals surface area contributed by atoms with Crippen LogP contribution in [0.5, 0.6) is 0 Å². The second kappa shape index (κ2) is 6.88. The van der Waals surface area contributed by atoms with Crippen molar-refractivity contribution in [1.29, 1.82) is 0 Å². The Hall–Kier alpha value is -1.36. The lowest BCUT2D eigenvalue weighted by atomic mass is 10.0. The molecule has 2 unspecified atom stereocenters. The van der Waals surface area contributed by atoms with Crippen LogP contribution in [-0.2, 0) is 0 Å². The summed E-state index contributed by atoms with van der Waals surface area (Å²) >= 11 is 0. The number of amides is 1. The maximum atomic E-state index is 12.4. The number of piperidine rings is 1. The van der Waals surface area contributed by atoms with Crippen LogP contribution in [0.1, 0.15) is 68.4 Å². The van der Waals surface area contributed by atoms with E-state index in [0.29, 0.717) is 17.5 Å². The molecular formula is C15H25N3O2. The van der Waals surface area contributed by atoms with Gasteiger partial charge in [-0.25, -0.2) is 4.98 Å². The van der Waals surface area contributed by atoms with Crippen molar-refractivity contribution < 1.29 is 9.21 Å². The topological polar surface area (TPSA) is 72.4 Å². The Labute approximate surface area is 120 Å². The number of carbonyl (C=O) groups excluding carboxylic acids is 1. The van der Waals surface area contributed by atoms with E-state index in [-0.39, 0.29) is 11.9 Å². The highest BCUT2D eigenvalue weighted by Gasteiger charge is 2.25. The molecule has 0 spiro atoms. The van der Waals surface area contributed by atoms with Gasteiger partial charge in [-0.2, -0.15) is 0 Å². The molecule has 1 aromatic heterocycles. The summed E-state index contributed by atoms with van der Waals surface area (Å²) in [6.45, 7) is 5.92. The van der Waals surface area contributed by atoms with Crippen molar-refractivity contribution in [2.24, 2.45) is 11.7 Å². The normalized spacial score (nSPS) is 20.9. The Morgan fingerprint density at radius 1 is 1.65 bits per heavy atom. The number of unbranched alkanes of at least 4 members (excludes halogenated alkanes) is 1. The third-order valence-corrected chi connectivity index (χ3v) is 3.87. The van der Waals surface area contributed by atoms with E-state index in [1.807, 2.05) is 4.90 Å². The van der Waals surface area contributed by atoms with Gasteiger partial charge < -0.3 is 15.1 Å². The fraction of sp³-hybridized carbons (Fsp3) is 0.733. The lowest BCUT2D eigenvalue weighted by Crippen LogP contribution is -2.39. The molecule has 20 heavy (non-hydrogen) atoms. The minimum atomic E-state index is -0.211. The van der Waals surface area contributed by atoms with Crippen molar-refractivity contribution in [1.82, 2.24) is 9.88 Å². The molecule has 2 atom stereocenters. The molecule has 112 valence electrons. The molecule has 1 amide bonds. The Morgan fingerprint density at radius 2 is 2.45 bits per heavy atom. The molecule has 0 saturated carbocycles. The van der Waals surface area contributed by atoms with Gasteiger partial charge >= 0.3 is 0 Å². The SMILES string of the molecule is CCCCC(N)c1nc(C(=O)N2CCCC(C)C2)co1. The minimum absolute atomic E-state index is 0.0331. The van der Waals surface area contributed by atoms with Gasteiger partial charge in [-0.05, 0) is 25.2 Å². The van der Waals surface area contributed by atoms with Crippen molar-refractivity contribution in [2.45, 2.75) is 52.0 Å². The molecule has 0 aromatic carbocycles. The summed E-state index contributed by atoms with van der Waals surface area (Å²) in [6, 6.07) is -0.211. The number of likely N-dealkylation sites (tertiary alicyclic amines) is 1. The van der Waals surface area contributed by atoms with Gasteiger partial charge in [-0.3, -0.25) is 4.79 Å². The van der Waals surface area contributed by atoms with Gasteiger partial charge in [0.25, 0.3) is 5.91 Å². The molecule has 0 aliphatic carbocycles. The molecule has 0 bridgehead atoms. The van der Waals surface area contributed by atoms with Crippen LogP contribution in [0.25, 0.3) is 0 Å². The molecule has 5 heteroatoms. The molecule has 0 radical (unpaired) electrons. The van der Waals surface area contributed by atoms with E-state index in [0.717, 1.165) is 38.8 Å². The molecule has 1 aliphatic rings. The van der Waals surface area contributed by atoms with Gasteiger partial charge in [0.05, 0.1) is 6.04 Å². The van der Waals surface area contributed by atoms with Gasteiger partial charge in [-0.1, -0.05) is 26.7 Å². The molecule has 1 aliphatic heterocycles. The predicted octanol–water partition coefficient (Wildman–Crippen LogP) is 2.74. The van der Waals surface area contributed by atoms with Crippen molar-refractivity contribution in [3.63, 3.8) is 0 Å². The summed E-state index contributed by atoms with van der Waals surface area (Å²) in [4.78, 5) is 18.5. The van der Waals surface area contributed by atoms with Crippen LogP contribution in [0.3, 0.4) is 0 Å². The number of oxazole rings is 1. The first kappa shape index (κ1) is 15.0. The number of rotatable bonds is 5. The van der Waals surface area contributed by atoms with Crippen molar-refractivity contribution >= 4 is 5.91 Å². The average molecular weight is 279 g/mol. The van der Waals surface area contributed by atoms with Crippen molar-refractivity contribution in [3.05, 3.63) is 17.8 Å². The summed E-state index contributed by atoms with van der Waals surface area (Å²) < 4.78 is 5.38. The summed E-state index contributed by atoms with van der Waals surface area (Å²) in [5.74, 6) is 1.01. The Morgan fingerprint density at radius 3 is 3.15 bits per heavy atom. The fourth-order valence-electron chi connectivity index (χ4n) is 2.64. The van der Waals surface area contributed by atoms with Gasteiger partial charge in [0.15, 0.2) is 5.69 Å². The molecule has 2 N–H and O–H groups in total. The number of nitrogens with two attached hydrogens (primary N) is 1. The first-order valence-corrected chi connectivity index (χ1v) is 7.62. The standard InChI is InChI=1S/C15H25N3O2/c1-3-4-7-12(16)14-17-13(10-20-14)15(19)18-8-5-6-11(2)9-18/h10-12H,3-9,16H2,1-2H3. The smallest absolute Gasteiger partial charge is 0.275 e. The third-order valence-electron chi connectivity index (χ3n) is 3.87. The van der Waals surface area contributed by atoms with Crippen LogP contribution in [0.15, 0.2) is 10.7 Å². The van der Waals surface area contributed by atoms with E-state index in [2.05, 4.69) is 18.8 Å². The Kier molecular flexibility index (Phi) is 5.17. The molecule has 2 heterocycles. The number of nitrogens with zero attached hydrogens (tertiary/aromatic N) is 2. The maximum Gasteiger partial charge on any atom is 0.275 e. The first-order valence-electron chi connectivity index (χ1n) is 7.62.